The number of nitrogens with one attached hydrogen (secondary N) is 1. The molecule has 1 aliphatic rings. The van der Waals surface area contributed by atoms with Gasteiger partial charge in [0.2, 0.25) is 0 Å². The van der Waals surface area contributed by atoms with E-state index in [0.717, 1.165) is 18.9 Å². The number of rotatable bonds is 5. The summed E-state index contributed by atoms with van der Waals surface area (Å²) in [5.41, 5.74) is 5.88. The third-order valence-corrected chi connectivity index (χ3v) is 4.93. The molecular formula is C19H22ClFN4O2. The number of carbonyl (C=O) groups is 1. The summed E-state index contributed by atoms with van der Waals surface area (Å²) in [6.07, 6.45) is 4.71. The highest BCUT2D eigenvalue weighted by atomic mass is 35.5. The Kier molecular flexibility index (Phi) is 5.62. The van der Waals surface area contributed by atoms with Crippen LogP contribution in [-0.4, -0.2) is 34.6 Å². The van der Waals surface area contributed by atoms with E-state index in [1.54, 1.807) is 6.07 Å². The van der Waals surface area contributed by atoms with Gasteiger partial charge in [-0.15, -0.1) is 0 Å². The Morgan fingerprint density at radius 3 is 2.96 bits per heavy atom. The van der Waals surface area contributed by atoms with Gasteiger partial charge in [-0.2, -0.15) is 0 Å². The number of carbonyl (C=O) groups excluding carboxylic acids is 1. The van der Waals surface area contributed by atoms with E-state index < -0.39 is 11.7 Å². The van der Waals surface area contributed by atoms with Gasteiger partial charge in [-0.05, 0) is 44.7 Å². The van der Waals surface area contributed by atoms with Gasteiger partial charge in [0, 0.05) is 31.1 Å². The van der Waals surface area contributed by atoms with Gasteiger partial charge in [-0.3, -0.25) is 9.78 Å². The maximum absolute atomic E-state index is 14.5. The van der Waals surface area contributed by atoms with Crippen LogP contribution in [0.3, 0.4) is 0 Å². The van der Waals surface area contributed by atoms with Crippen LogP contribution in [0.25, 0.3) is 11.3 Å². The van der Waals surface area contributed by atoms with E-state index in [1.165, 1.54) is 12.4 Å². The minimum absolute atomic E-state index is 0.0293. The van der Waals surface area contributed by atoms with Crippen LogP contribution >= 0.6 is 11.6 Å². The van der Waals surface area contributed by atoms with Gasteiger partial charge in [-0.25, -0.2) is 9.37 Å². The number of amides is 1. The lowest BCUT2D eigenvalue weighted by Gasteiger charge is -2.35. The molecule has 0 unspecified atom stereocenters. The van der Waals surface area contributed by atoms with Crippen molar-refractivity contribution in [1.82, 2.24) is 9.97 Å². The maximum Gasteiger partial charge on any atom is 0.251 e. The summed E-state index contributed by atoms with van der Waals surface area (Å²) in [5, 5.41) is 3.37. The van der Waals surface area contributed by atoms with Crippen LogP contribution < -0.4 is 11.1 Å². The maximum atomic E-state index is 14.5. The molecule has 1 amide bonds. The van der Waals surface area contributed by atoms with Crippen molar-refractivity contribution in [2.45, 2.75) is 32.3 Å². The highest BCUT2D eigenvalue weighted by Crippen LogP contribution is 2.32. The molecule has 0 saturated carbocycles. The van der Waals surface area contributed by atoms with E-state index in [-0.39, 0.29) is 22.7 Å². The molecule has 0 aromatic carbocycles. The third kappa shape index (κ3) is 4.54. The topological polar surface area (TPSA) is 90.1 Å². The van der Waals surface area contributed by atoms with Crippen molar-refractivity contribution in [3.8, 4) is 11.3 Å². The lowest BCUT2D eigenvalue weighted by Crippen LogP contribution is -2.36. The van der Waals surface area contributed by atoms with Crippen molar-refractivity contribution >= 4 is 23.3 Å². The Morgan fingerprint density at radius 1 is 1.52 bits per heavy atom. The van der Waals surface area contributed by atoms with E-state index in [0.29, 0.717) is 29.7 Å². The second-order valence-electron chi connectivity index (χ2n) is 7.28. The summed E-state index contributed by atoms with van der Waals surface area (Å²) in [7, 11) is 0. The average Bonchev–Trinajstić information content (AvgIpc) is 2.60. The number of anilines is 1. The van der Waals surface area contributed by atoms with Crippen molar-refractivity contribution in [1.29, 1.82) is 0 Å². The molecule has 8 heteroatoms. The zero-order chi connectivity index (χ0) is 19.6. The Labute approximate surface area is 162 Å². The number of hydrogen-bond acceptors (Lipinski definition) is 5. The van der Waals surface area contributed by atoms with Crippen LogP contribution in [-0.2, 0) is 4.74 Å². The Bertz CT molecular complexity index is 860. The van der Waals surface area contributed by atoms with Gasteiger partial charge in [-0.1, -0.05) is 11.6 Å². The quantitative estimate of drug-likeness (QED) is 0.810. The monoisotopic (exact) mass is 392 g/mol. The Morgan fingerprint density at radius 2 is 2.30 bits per heavy atom. The lowest BCUT2D eigenvalue weighted by atomic mass is 9.88. The van der Waals surface area contributed by atoms with E-state index in [4.69, 9.17) is 22.1 Å². The van der Waals surface area contributed by atoms with E-state index in [9.17, 15) is 9.18 Å². The van der Waals surface area contributed by atoms with Crippen LogP contribution in [0, 0.1) is 11.7 Å². The van der Waals surface area contributed by atoms with E-state index in [1.807, 2.05) is 13.8 Å². The molecule has 3 N–H and O–H groups in total. The molecular weight excluding hydrogens is 371 g/mol. The van der Waals surface area contributed by atoms with Crippen LogP contribution in [0.15, 0.2) is 24.5 Å². The van der Waals surface area contributed by atoms with E-state index >= 15 is 0 Å². The average molecular weight is 393 g/mol. The van der Waals surface area contributed by atoms with Crippen molar-refractivity contribution in [2.75, 3.05) is 18.5 Å². The second kappa shape index (κ2) is 7.78. The second-order valence-corrected chi connectivity index (χ2v) is 7.69. The number of aromatic nitrogens is 2. The predicted octanol–water partition coefficient (Wildman–Crippen LogP) is 3.65. The number of nitrogens with two attached hydrogens (primary N) is 1. The fraction of sp³-hybridized carbons (Fsp3) is 0.421. The molecule has 3 heterocycles. The van der Waals surface area contributed by atoms with Crippen LogP contribution in [0.4, 0.5) is 10.2 Å². The SMILES string of the molecule is CC1(C)C[C@H](CNc2nc(-c3ccncc3Cl)c(C(N)=O)cc2F)CCO1. The van der Waals surface area contributed by atoms with Gasteiger partial charge < -0.3 is 15.8 Å². The third-order valence-electron chi connectivity index (χ3n) is 4.63. The number of pyridine rings is 2. The molecule has 2 aromatic heterocycles. The van der Waals surface area contributed by atoms with E-state index in [2.05, 4.69) is 15.3 Å². The zero-order valence-corrected chi connectivity index (χ0v) is 16.0. The molecule has 1 saturated heterocycles. The van der Waals surface area contributed by atoms with Crippen molar-refractivity contribution in [3.05, 3.63) is 40.9 Å². The molecule has 0 bridgehead atoms. The number of ether oxygens (including phenoxy) is 1. The van der Waals surface area contributed by atoms with Crippen LogP contribution in [0.5, 0.6) is 0 Å². The molecule has 0 aliphatic carbocycles. The zero-order valence-electron chi connectivity index (χ0n) is 15.3. The summed E-state index contributed by atoms with van der Waals surface area (Å²) in [6.45, 7) is 5.32. The summed E-state index contributed by atoms with van der Waals surface area (Å²) >= 11 is 6.18. The minimum atomic E-state index is -0.776. The molecule has 0 radical (unpaired) electrons. The predicted molar refractivity (Wildman–Crippen MR) is 102 cm³/mol. The largest absolute Gasteiger partial charge is 0.376 e. The first-order valence-corrected chi connectivity index (χ1v) is 9.13. The fourth-order valence-corrected chi connectivity index (χ4v) is 3.56. The van der Waals surface area contributed by atoms with Crippen LogP contribution in [0.2, 0.25) is 5.02 Å². The van der Waals surface area contributed by atoms with Crippen molar-refractivity contribution < 1.29 is 13.9 Å². The van der Waals surface area contributed by atoms with Gasteiger partial charge in [0.05, 0.1) is 21.9 Å². The Balaban J connectivity index is 1.89. The number of nitrogens with zero attached hydrogens (tertiary/aromatic N) is 2. The highest BCUT2D eigenvalue weighted by Gasteiger charge is 2.29. The smallest absolute Gasteiger partial charge is 0.251 e. The Hall–Kier alpha value is -2.25. The highest BCUT2D eigenvalue weighted by molar-refractivity contribution is 6.33. The molecule has 144 valence electrons. The lowest BCUT2D eigenvalue weighted by molar-refractivity contribution is -0.0700. The summed E-state index contributed by atoms with van der Waals surface area (Å²) in [4.78, 5) is 20.0. The van der Waals surface area contributed by atoms with Gasteiger partial charge >= 0.3 is 0 Å². The van der Waals surface area contributed by atoms with Crippen molar-refractivity contribution in [2.24, 2.45) is 11.7 Å². The summed E-state index contributed by atoms with van der Waals surface area (Å²) in [5.74, 6) is -1.02. The molecule has 1 fully saturated rings. The first kappa shape index (κ1) is 19.5. The molecule has 27 heavy (non-hydrogen) atoms. The number of halogens is 2. The van der Waals surface area contributed by atoms with Crippen molar-refractivity contribution in [3.63, 3.8) is 0 Å². The first-order valence-electron chi connectivity index (χ1n) is 8.75. The normalized spacial score (nSPS) is 18.9. The van der Waals surface area contributed by atoms with Gasteiger partial charge in [0.1, 0.15) is 0 Å². The number of primary amides is 1. The number of hydrogen-bond donors (Lipinski definition) is 2. The molecule has 1 aliphatic heterocycles. The molecule has 2 aromatic rings. The van der Waals surface area contributed by atoms with Gasteiger partial charge in [0.25, 0.3) is 5.91 Å². The molecule has 3 rings (SSSR count). The van der Waals surface area contributed by atoms with Crippen LogP contribution in [0.1, 0.15) is 37.0 Å². The first-order chi connectivity index (χ1) is 12.8. The summed E-state index contributed by atoms with van der Waals surface area (Å²) in [6, 6.07) is 2.71. The van der Waals surface area contributed by atoms with Gasteiger partial charge in [0.15, 0.2) is 11.6 Å². The minimum Gasteiger partial charge on any atom is -0.376 e. The summed E-state index contributed by atoms with van der Waals surface area (Å²) < 4.78 is 20.2. The standard InChI is InChI=1S/C19H22ClFN4O2/c1-19(2)8-11(4-6-27-19)9-24-18-15(21)7-13(17(22)26)16(25-18)12-3-5-23-10-14(12)20/h3,5,7,10-11H,4,6,8-9H2,1-2H3,(H2,22,26)(H,24,25)/t11-/m1/s1. The molecule has 1 atom stereocenters. The fourth-order valence-electron chi connectivity index (χ4n) is 3.35. The molecule has 0 spiro atoms. The molecule has 6 nitrogen and oxygen atoms in total.